The number of ether oxygens (including phenoxy) is 2. The van der Waals surface area contributed by atoms with Gasteiger partial charge in [-0.2, -0.15) is 0 Å². The number of halogens is 1. The molecule has 2 N–H and O–H groups in total. The summed E-state index contributed by atoms with van der Waals surface area (Å²) in [6, 6.07) is 3.39. The molecule has 1 atom stereocenters. The van der Waals surface area contributed by atoms with Crippen LogP contribution in [0.5, 0.6) is 11.5 Å². The first-order chi connectivity index (χ1) is 6.60. The van der Waals surface area contributed by atoms with E-state index in [0.717, 1.165) is 5.56 Å². The van der Waals surface area contributed by atoms with E-state index < -0.39 is 0 Å². The minimum Gasteiger partial charge on any atom is -0.496 e. The fraction of sp³-hybridized carbons (Fsp3) is 0.400. The third kappa shape index (κ3) is 2.11. The predicted molar refractivity (Wildman–Crippen MR) is 57.2 cm³/mol. The van der Waals surface area contributed by atoms with Crippen LogP contribution in [-0.2, 0) is 0 Å². The molecule has 1 aromatic carbocycles. The lowest BCUT2D eigenvalue weighted by Gasteiger charge is -2.14. The van der Waals surface area contributed by atoms with Crippen LogP contribution in [0.3, 0.4) is 0 Å². The monoisotopic (exact) mass is 215 g/mol. The van der Waals surface area contributed by atoms with Crippen molar-refractivity contribution in [3.8, 4) is 11.5 Å². The van der Waals surface area contributed by atoms with Gasteiger partial charge in [0, 0.05) is 17.7 Å². The molecule has 0 aliphatic carbocycles. The van der Waals surface area contributed by atoms with Crippen molar-refractivity contribution in [2.75, 3.05) is 14.2 Å². The molecule has 0 aromatic heterocycles. The highest BCUT2D eigenvalue weighted by Crippen LogP contribution is 2.34. The molecule has 14 heavy (non-hydrogen) atoms. The first-order valence-electron chi connectivity index (χ1n) is 4.27. The molecular formula is C10H14ClNO2. The van der Waals surface area contributed by atoms with E-state index in [4.69, 9.17) is 26.8 Å². The fourth-order valence-electron chi connectivity index (χ4n) is 1.24. The highest BCUT2D eigenvalue weighted by molar-refractivity contribution is 6.32. The van der Waals surface area contributed by atoms with Crippen LogP contribution in [0.25, 0.3) is 0 Å². The fourth-order valence-corrected chi connectivity index (χ4v) is 1.49. The second kappa shape index (κ2) is 4.53. The van der Waals surface area contributed by atoms with Gasteiger partial charge in [0.15, 0.2) is 0 Å². The van der Waals surface area contributed by atoms with E-state index in [0.29, 0.717) is 16.5 Å². The molecule has 0 fully saturated rings. The van der Waals surface area contributed by atoms with Crippen molar-refractivity contribution in [1.82, 2.24) is 0 Å². The molecule has 0 unspecified atom stereocenters. The van der Waals surface area contributed by atoms with Crippen molar-refractivity contribution in [2.24, 2.45) is 5.73 Å². The van der Waals surface area contributed by atoms with Gasteiger partial charge in [-0.3, -0.25) is 0 Å². The smallest absolute Gasteiger partial charge is 0.141 e. The summed E-state index contributed by atoms with van der Waals surface area (Å²) in [5.74, 6) is 1.29. The summed E-state index contributed by atoms with van der Waals surface area (Å²) < 4.78 is 10.3. The van der Waals surface area contributed by atoms with Crippen LogP contribution in [0.4, 0.5) is 0 Å². The first kappa shape index (κ1) is 11.1. The Morgan fingerprint density at radius 2 is 1.79 bits per heavy atom. The molecule has 4 heteroatoms. The summed E-state index contributed by atoms with van der Waals surface area (Å²) in [7, 11) is 3.15. The van der Waals surface area contributed by atoms with Gasteiger partial charge in [-0.15, -0.1) is 0 Å². The lowest BCUT2D eigenvalue weighted by Crippen LogP contribution is -2.07. The lowest BCUT2D eigenvalue weighted by molar-refractivity contribution is 0.389. The molecule has 0 spiro atoms. The SMILES string of the molecule is COc1cc(OC)c([C@H](C)N)cc1Cl. The Kier molecular flexibility index (Phi) is 3.61. The molecule has 0 aliphatic rings. The second-order valence-corrected chi connectivity index (χ2v) is 3.42. The topological polar surface area (TPSA) is 44.5 Å². The average Bonchev–Trinajstić information content (AvgIpc) is 2.17. The Morgan fingerprint density at radius 1 is 1.21 bits per heavy atom. The van der Waals surface area contributed by atoms with Crippen molar-refractivity contribution in [3.63, 3.8) is 0 Å². The number of hydrogen-bond donors (Lipinski definition) is 1. The van der Waals surface area contributed by atoms with Gasteiger partial charge < -0.3 is 15.2 Å². The largest absolute Gasteiger partial charge is 0.496 e. The third-order valence-electron chi connectivity index (χ3n) is 1.99. The number of rotatable bonds is 3. The maximum absolute atomic E-state index is 5.97. The minimum absolute atomic E-state index is 0.117. The van der Waals surface area contributed by atoms with Crippen molar-refractivity contribution >= 4 is 11.6 Å². The predicted octanol–water partition coefficient (Wildman–Crippen LogP) is 2.38. The third-order valence-corrected chi connectivity index (χ3v) is 2.29. The van der Waals surface area contributed by atoms with Crippen LogP contribution in [-0.4, -0.2) is 14.2 Å². The Morgan fingerprint density at radius 3 is 2.21 bits per heavy atom. The van der Waals surface area contributed by atoms with Gasteiger partial charge in [0.25, 0.3) is 0 Å². The molecule has 1 rings (SSSR count). The van der Waals surface area contributed by atoms with Crippen LogP contribution >= 0.6 is 11.6 Å². The van der Waals surface area contributed by atoms with Gasteiger partial charge in [0.05, 0.1) is 19.2 Å². The molecule has 78 valence electrons. The van der Waals surface area contributed by atoms with Gasteiger partial charge in [-0.1, -0.05) is 11.6 Å². The van der Waals surface area contributed by atoms with Gasteiger partial charge in [-0.25, -0.2) is 0 Å². The minimum atomic E-state index is -0.117. The highest BCUT2D eigenvalue weighted by atomic mass is 35.5. The molecular weight excluding hydrogens is 202 g/mol. The quantitative estimate of drug-likeness (QED) is 0.842. The number of nitrogens with two attached hydrogens (primary N) is 1. The zero-order valence-electron chi connectivity index (χ0n) is 8.50. The van der Waals surface area contributed by atoms with Crippen molar-refractivity contribution < 1.29 is 9.47 Å². The van der Waals surface area contributed by atoms with E-state index >= 15 is 0 Å². The molecule has 1 aromatic rings. The lowest BCUT2D eigenvalue weighted by atomic mass is 10.1. The maximum atomic E-state index is 5.97. The maximum Gasteiger partial charge on any atom is 0.141 e. The molecule has 0 radical (unpaired) electrons. The molecule has 0 aliphatic heterocycles. The Labute approximate surface area is 88.8 Å². The number of hydrogen-bond acceptors (Lipinski definition) is 3. The van der Waals surface area contributed by atoms with Crippen molar-refractivity contribution in [1.29, 1.82) is 0 Å². The van der Waals surface area contributed by atoms with Crippen molar-refractivity contribution in [3.05, 3.63) is 22.7 Å². The van der Waals surface area contributed by atoms with Gasteiger partial charge in [-0.05, 0) is 13.0 Å². The molecule has 3 nitrogen and oxygen atoms in total. The van der Waals surface area contributed by atoms with Gasteiger partial charge in [0.1, 0.15) is 11.5 Å². The summed E-state index contributed by atoms with van der Waals surface area (Å²) >= 11 is 5.97. The zero-order valence-corrected chi connectivity index (χ0v) is 9.26. The highest BCUT2D eigenvalue weighted by Gasteiger charge is 2.12. The molecule has 0 heterocycles. The second-order valence-electron chi connectivity index (χ2n) is 3.02. The van der Waals surface area contributed by atoms with Crippen LogP contribution < -0.4 is 15.2 Å². The van der Waals surface area contributed by atoms with E-state index in [1.54, 1.807) is 26.4 Å². The van der Waals surface area contributed by atoms with Crippen molar-refractivity contribution in [2.45, 2.75) is 13.0 Å². The summed E-state index contributed by atoms with van der Waals surface area (Å²) in [6.07, 6.45) is 0. The van der Waals surface area contributed by atoms with Crippen LogP contribution in [0.1, 0.15) is 18.5 Å². The number of benzene rings is 1. The average molecular weight is 216 g/mol. The van der Waals surface area contributed by atoms with E-state index in [2.05, 4.69) is 0 Å². The molecule has 0 saturated carbocycles. The van der Waals surface area contributed by atoms with Gasteiger partial charge >= 0.3 is 0 Å². The standard InChI is InChI=1S/C10H14ClNO2/c1-6(12)7-4-8(11)10(14-3)5-9(7)13-2/h4-6H,12H2,1-3H3/t6-/m0/s1. The summed E-state index contributed by atoms with van der Waals surface area (Å²) in [6.45, 7) is 1.88. The molecule has 0 saturated heterocycles. The first-order valence-corrected chi connectivity index (χ1v) is 4.65. The normalized spacial score (nSPS) is 12.4. The van der Waals surface area contributed by atoms with E-state index in [1.807, 2.05) is 6.92 Å². The van der Waals surface area contributed by atoms with E-state index in [1.165, 1.54) is 0 Å². The van der Waals surface area contributed by atoms with E-state index in [9.17, 15) is 0 Å². The van der Waals surface area contributed by atoms with Gasteiger partial charge in [0.2, 0.25) is 0 Å². The van der Waals surface area contributed by atoms with Crippen LogP contribution in [0.2, 0.25) is 5.02 Å². The Bertz CT molecular complexity index is 326. The van der Waals surface area contributed by atoms with Crippen LogP contribution in [0, 0.1) is 0 Å². The Hall–Kier alpha value is -0.930. The molecule has 0 amide bonds. The zero-order chi connectivity index (χ0) is 10.7. The summed E-state index contributed by atoms with van der Waals surface area (Å²) in [5.41, 5.74) is 6.64. The van der Waals surface area contributed by atoms with Crippen LogP contribution in [0.15, 0.2) is 12.1 Å². The Balaban J connectivity index is 3.24. The summed E-state index contributed by atoms with van der Waals surface area (Å²) in [5, 5.41) is 0.542. The summed E-state index contributed by atoms with van der Waals surface area (Å²) in [4.78, 5) is 0. The van der Waals surface area contributed by atoms with E-state index in [-0.39, 0.29) is 6.04 Å². The number of methoxy groups -OCH3 is 2. The molecule has 0 bridgehead atoms.